The van der Waals surface area contributed by atoms with E-state index < -0.39 is 0 Å². The molecule has 0 N–H and O–H groups in total. The van der Waals surface area contributed by atoms with Crippen LogP contribution in [-0.4, -0.2) is 37.8 Å². The standard InChI is InChI=1S/C17H19N5OS/c1-2-16(10-18-5-1)23-8-4-15-12-21(13-17-19-7-9-24-17)11-14-3-6-20-22(14)15/h1-3,5-7,9-10,15H,4,8,11-13H2. The minimum absolute atomic E-state index is 0.320. The van der Waals surface area contributed by atoms with E-state index in [1.807, 2.05) is 29.9 Å². The fourth-order valence-electron chi connectivity index (χ4n) is 3.07. The summed E-state index contributed by atoms with van der Waals surface area (Å²) < 4.78 is 7.95. The van der Waals surface area contributed by atoms with Crippen LogP contribution in [-0.2, 0) is 13.1 Å². The molecule has 4 heterocycles. The van der Waals surface area contributed by atoms with E-state index in [1.54, 1.807) is 23.7 Å². The minimum atomic E-state index is 0.320. The van der Waals surface area contributed by atoms with E-state index in [1.165, 1.54) is 5.69 Å². The van der Waals surface area contributed by atoms with Gasteiger partial charge in [0.1, 0.15) is 10.8 Å². The van der Waals surface area contributed by atoms with Crippen molar-refractivity contribution >= 4 is 11.3 Å². The molecular weight excluding hydrogens is 322 g/mol. The zero-order valence-corrected chi connectivity index (χ0v) is 14.1. The highest BCUT2D eigenvalue weighted by Crippen LogP contribution is 2.25. The number of hydrogen-bond acceptors (Lipinski definition) is 6. The summed E-state index contributed by atoms with van der Waals surface area (Å²) in [6.07, 6.45) is 8.16. The lowest BCUT2D eigenvalue weighted by Crippen LogP contribution is -2.37. The van der Waals surface area contributed by atoms with E-state index in [2.05, 4.69) is 30.7 Å². The first kappa shape index (κ1) is 15.3. The molecule has 1 aliphatic rings. The second-order valence-electron chi connectivity index (χ2n) is 5.84. The zero-order valence-electron chi connectivity index (χ0n) is 13.3. The van der Waals surface area contributed by atoms with Crippen molar-refractivity contribution in [2.75, 3.05) is 13.2 Å². The molecule has 7 heteroatoms. The van der Waals surface area contributed by atoms with E-state index in [-0.39, 0.29) is 0 Å². The summed E-state index contributed by atoms with van der Waals surface area (Å²) in [5.41, 5.74) is 1.25. The van der Waals surface area contributed by atoms with Crippen LogP contribution < -0.4 is 4.74 Å². The first-order valence-electron chi connectivity index (χ1n) is 8.04. The van der Waals surface area contributed by atoms with E-state index in [9.17, 15) is 0 Å². The van der Waals surface area contributed by atoms with Gasteiger partial charge < -0.3 is 4.74 Å². The maximum Gasteiger partial charge on any atom is 0.137 e. The number of aromatic nitrogens is 4. The molecule has 0 spiro atoms. The van der Waals surface area contributed by atoms with Crippen LogP contribution in [0.1, 0.15) is 23.2 Å². The molecule has 1 unspecified atom stereocenters. The molecule has 1 atom stereocenters. The Kier molecular flexibility index (Phi) is 4.53. The Morgan fingerprint density at radius 3 is 3.08 bits per heavy atom. The van der Waals surface area contributed by atoms with Crippen LogP contribution in [0.15, 0.2) is 48.4 Å². The highest BCUT2D eigenvalue weighted by Gasteiger charge is 2.25. The average Bonchev–Trinajstić information content (AvgIpc) is 3.27. The molecule has 0 saturated heterocycles. The van der Waals surface area contributed by atoms with Gasteiger partial charge in [0.2, 0.25) is 0 Å². The summed E-state index contributed by atoms with van der Waals surface area (Å²) in [7, 11) is 0. The normalized spacial score (nSPS) is 17.6. The molecule has 0 bridgehead atoms. The number of nitrogens with zero attached hydrogens (tertiary/aromatic N) is 5. The molecule has 0 saturated carbocycles. The fraction of sp³-hybridized carbons (Fsp3) is 0.353. The predicted molar refractivity (Wildman–Crippen MR) is 91.8 cm³/mol. The third kappa shape index (κ3) is 3.47. The highest BCUT2D eigenvalue weighted by molar-refractivity contribution is 7.09. The number of rotatable bonds is 6. The average molecular weight is 341 g/mol. The molecule has 3 aromatic rings. The molecule has 1 aliphatic heterocycles. The molecular formula is C17H19N5OS. The number of hydrogen-bond donors (Lipinski definition) is 0. The largest absolute Gasteiger partial charge is 0.492 e. The molecule has 0 aliphatic carbocycles. The molecule has 0 fully saturated rings. The van der Waals surface area contributed by atoms with E-state index in [4.69, 9.17) is 4.74 Å². The predicted octanol–water partition coefficient (Wildman–Crippen LogP) is 2.76. The number of thiazole rings is 1. The monoisotopic (exact) mass is 341 g/mol. The van der Waals surface area contributed by atoms with E-state index in [0.717, 1.165) is 36.8 Å². The van der Waals surface area contributed by atoms with Gasteiger partial charge in [-0.05, 0) is 18.2 Å². The van der Waals surface area contributed by atoms with Gasteiger partial charge in [-0.1, -0.05) is 0 Å². The van der Waals surface area contributed by atoms with Gasteiger partial charge in [-0.3, -0.25) is 14.6 Å². The van der Waals surface area contributed by atoms with Gasteiger partial charge in [0.25, 0.3) is 0 Å². The molecule has 0 aromatic carbocycles. The Morgan fingerprint density at radius 1 is 1.25 bits per heavy atom. The number of pyridine rings is 1. The third-order valence-electron chi connectivity index (χ3n) is 4.15. The number of fused-ring (bicyclic) bond motifs is 1. The first-order valence-corrected chi connectivity index (χ1v) is 8.92. The lowest BCUT2D eigenvalue weighted by molar-refractivity contribution is 0.147. The summed E-state index contributed by atoms with van der Waals surface area (Å²) in [5, 5.41) is 7.70. The maximum atomic E-state index is 5.81. The lowest BCUT2D eigenvalue weighted by Gasteiger charge is -2.33. The van der Waals surface area contributed by atoms with E-state index >= 15 is 0 Å². The summed E-state index contributed by atoms with van der Waals surface area (Å²) in [5.74, 6) is 0.814. The Balaban J connectivity index is 1.40. The maximum absolute atomic E-state index is 5.81. The van der Waals surface area contributed by atoms with Gasteiger partial charge in [0.15, 0.2) is 0 Å². The lowest BCUT2D eigenvalue weighted by atomic mass is 10.1. The van der Waals surface area contributed by atoms with Gasteiger partial charge >= 0.3 is 0 Å². The van der Waals surface area contributed by atoms with Crippen LogP contribution in [0.3, 0.4) is 0 Å². The molecule has 0 radical (unpaired) electrons. The van der Waals surface area contributed by atoms with Crippen LogP contribution in [0.2, 0.25) is 0 Å². The van der Waals surface area contributed by atoms with Crippen molar-refractivity contribution < 1.29 is 4.74 Å². The summed E-state index contributed by atoms with van der Waals surface area (Å²) in [4.78, 5) is 10.9. The molecule has 4 rings (SSSR count). The Labute approximate surface area is 144 Å². The van der Waals surface area contributed by atoms with Crippen LogP contribution in [0.4, 0.5) is 0 Å². The molecule has 3 aromatic heterocycles. The second-order valence-corrected chi connectivity index (χ2v) is 6.82. The third-order valence-corrected chi connectivity index (χ3v) is 4.91. The van der Waals surface area contributed by atoms with E-state index in [0.29, 0.717) is 12.6 Å². The van der Waals surface area contributed by atoms with Gasteiger partial charge in [0.05, 0.1) is 31.1 Å². The zero-order chi connectivity index (χ0) is 16.2. The summed E-state index contributed by atoms with van der Waals surface area (Å²) in [6.45, 7) is 3.42. The Bertz CT molecular complexity index is 758. The van der Waals surface area contributed by atoms with Gasteiger partial charge in [-0.15, -0.1) is 11.3 Å². The minimum Gasteiger partial charge on any atom is -0.492 e. The van der Waals surface area contributed by atoms with Crippen molar-refractivity contribution in [1.82, 2.24) is 24.6 Å². The summed E-state index contributed by atoms with van der Waals surface area (Å²) >= 11 is 1.71. The smallest absolute Gasteiger partial charge is 0.137 e. The van der Waals surface area contributed by atoms with Crippen molar-refractivity contribution in [3.05, 3.63) is 59.1 Å². The van der Waals surface area contributed by atoms with Crippen LogP contribution >= 0.6 is 11.3 Å². The van der Waals surface area contributed by atoms with Crippen molar-refractivity contribution in [2.24, 2.45) is 0 Å². The first-order chi connectivity index (χ1) is 11.9. The van der Waals surface area contributed by atoms with Crippen molar-refractivity contribution in [1.29, 1.82) is 0 Å². The quantitative estimate of drug-likeness (QED) is 0.690. The van der Waals surface area contributed by atoms with Crippen LogP contribution in [0, 0.1) is 0 Å². The topological polar surface area (TPSA) is 56.1 Å². The SMILES string of the molecule is c1cncc(OCCC2CN(Cc3nccs3)Cc3ccnn32)c1. The molecule has 124 valence electrons. The molecule has 24 heavy (non-hydrogen) atoms. The number of ether oxygens (including phenoxy) is 1. The van der Waals surface area contributed by atoms with Crippen LogP contribution in [0.25, 0.3) is 0 Å². The van der Waals surface area contributed by atoms with Crippen molar-refractivity contribution in [2.45, 2.75) is 25.6 Å². The Morgan fingerprint density at radius 2 is 2.25 bits per heavy atom. The second kappa shape index (κ2) is 7.11. The van der Waals surface area contributed by atoms with Crippen LogP contribution in [0.5, 0.6) is 5.75 Å². The van der Waals surface area contributed by atoms with Gasteiger partial charge in [-0.25, -0.2) is 4.98 Å². The van der Waals surface area contributed by atoms with Gasteiger partial charge in [-0.2, -0.15) is 5.10 Å². The summed E-state index contributed by atoms with van der Waals surface area (Å²) in [6, 6.07) is 6.24. The molecule has 6 nitrogen and oxygen atoms in total. The highest BCUT2D eigenvalue weighted by atomic mass is 32.1. The van der Waals surface area contributed by atoms with Gasteiger partial charge in [0, 0.05) is 43.5 Å². The van der Waals surface area contributed by atoms with Crippen molar-refractivity contribution in [3.8, 4) is 5.75 Å². The van der Waals surface area contributed by atoms with Crippen molar-refractivity contribution in [3.63, 3.8) is 0 Å². The molecule has 0 amide bonds. The Hall–Kier alpha value is -2.25. The fourth-order valence-corrected chi connectivity index (χ4v) is 3.72.